The lowest BCUT2D eigenvalue weighted by atomic mass is 10.1. The van der Waals surface area contributed by atoms with Gasteiger partial charge in [0.25, 0.3) is 0 Å². The van der Waals surface area contributed by atoms with Crippen molar-refractivity contribution < 1.29 is 14.0 Å². The first-order valence-corrected chi connectivity index (χ1v) is 8.65. The first kappa shape index (κ1) is 16.8. The standard InChI is InChI=1S/C19H26N2O3/c1-4-6-16-11-17(20-24-16)18-7-5-10-21(18)13-14-8-9-15(22-2)12-19(14)23-3/h8-9,11-12,18H,4-7,10,13H2,1-3H3/t18-/m0/s1. The molecule has 130 valence electrons. The van der Waals surface area contributed by atoms with Gasteiger partial charge in [-0.25, -0.2) is 0 Å². The summed E-state index contributed by atoms with van der Waals surface area (Å²) in [5, 5.41) is 4.31. The molecule has 24 heavy (non-hydrogen) atoms. The van der Waals surface area contributed by atoms with Crippen molar-refractivity contribution >= 4 is 0 Å². The maximum Gasteiger partial charge on any atom is 0.137 e. The molecule has 1 aromatic heterocycles. The fraction of sp³-hybridized carbons (Fsp3) is 0.526. The van der Waals surface area contributed by atoms with E-state index in [4.69, 9.17) is 14.0 Å². The maximum absolute atomic E-state index is 5.53. The Morgan fingerprint density at radius 3 is 2.88 bits per heavy atom. The van der Waals surface area contributed by atoms with Crippen LogP contribution < -0.4 is 9.47 Å². The third-order valence-corrected chi connectivity index (χ3v) is 4.65. The van der Waals surface area contributed by atoms with E-state index in [2.05, 4.69) is 29.1 Å². The van der Waals surface area contributed by atoms with Gasteiger partial charge in [0.05, 0.1) is 20.3 Å². The smallest absolute Gasteiger partial charge is 0.137 e. The zero-order chi connectivity index (χ0) is 16.9. The molecular weight excluding hydrogens is 304 g/mol. The molecule has 0 amide bonds. The Labute approximate surface area is 143 Å². The molecule has 0 unspecified atom stereocenters. The molecule has 0 aliphatic carbocycles. The summed E-state index contributed by atoms with van der Waals surface area (Å²) < 4.78 is 16.3. The van der Waals surface area contributed by atoms with Crippen molar-refractivity contribution in [3.8, 4) is 11.5 Å². The molecule has 1 saturated heterocycles. The minimum Gasteiger partial charge on any atom is -0.497 e. The summed E-state index contributed by atoms with van der Waals surface area (Å²) in [4.78, 5) is 2.46. The lowest BCUT2D eigenvalue weighted by Crippen LogP contribution is -2.23. The van der Waals surface area contributed by atoms with Gasteiger partial charge in [0.1, 0.15) is 23.0 Å². The van der Waals surface area contributed by atoms with Crippen LogP contribution in [0.3, 0.4) is 0 Å². The Morgan fingerprint density at radius 2 is 2.12 bits per heavy atom. The van der Waals surface area contributed by atoms with Gasteiger partial charge in [-0.15, -0.1) is 0 Å². The highest BCUT2D eigenvalue weighted by atomic mass is 16.5. The van der Waals surface area contributed by atoms with E-state index in [1.165, 1.54) is 12.0 Å². The summed E-state index contributed by atoms with van der Waals surface area (Å²) in [6.07, 6.45) is 4.33. The van der Waals surface area contributed by atoms with Gasteiger partial charge in [-0.05, 0) is 31.9 Å². The van der Waals surface area contributed by atoms with Crippen LogP contribution in [0.1, 0.15) is 49.2 Å². The van der Waals surface area contributed by atoms with E-state index in [9.17, 15) is 0 Å². The molecule has 0 radical (unpaired) electrons. The Bertz CT molecular complexity index is 668. The van der Waals surface area contributed by atoms with Crippen molar-refractivity contribution in [3.05, 3.63) is 41.3 Å². The number of hydrogen-bond donors (Lipinski definition) is 0. The van der Waals surface area contributed by atoms with Crippen LogP contribution in [0, 0.1) is 0 Å². The second-order valence-electron chi connectivity index (χ2n) is 6.27. The number of aryl methyl sites for hydroxylation is 1. The van der Waals surface area contributed by atoms with Gasteiger partial charge >= 0.3 is 0 Å². The van der Waals surface area contributed by atoms with Gasteiger partial charge < -0.3 is 14.0 Å². The zero-order valence-electron chi connectivity index (χ0n) is 14.7. The third kappa shape index (κ3) is 3.56. The van der Waals surface area contributed by atoms with Crippen molar-refractivity contribution in [1.82, 2.24) is 10.1 Å². The van der Waals surface area contributed by atoms with Gasteiger partial charge in [0.2, 0.25) is 0 Å². The number of benzene rings is 1. The molecule has 5 heteroatoms. The largest absolute Gasteiger partial charge is 0.497 e. The molecule has 5 nitrogen and oxygen atoms in total. The number of ether oxygens (including phenoxy) is 2. The molecule has 0 bridgehead atoms. The predicted octanol–water partition coefficient (Wildman–Crippen LogP) is 3.98. The summed E-state index contributed by atoms with van der Waals surface area (Å²) in [5.41, 5.74) is 2.23. The van der Waals surface area contributed by atoms with E-state index < -0.39 is 0 Å². The van der Waals surface area contributed by atoms with Gasteiger partial charge in [0.15, 0.2) is 0 Å². The molecule has 1 aliphatic rings. The van der Waals surface area contributed by atoms with E-state index in [-0.39, 0.29) is 0 Å². The van der Waals surface area contributed by atoms with Crippen molar-refractivity contribution in [2.24, 2.45) is 0 Å². The van der Waals surface area contributed by atoms with E-state index in [0.29, 0.717) is 6.04 Å². The topological polar surface area (TPSA) is 47.7 Å². The van der Waals surface area contributed by atoms with E-state index in [0.717, 1.165) is 55.3 Å². The van der Waals surface area contributed by atoms with E-state index in [1.54, 1.807) is 14.2 Å². The molecule has 0 spiro atoms. The average molecular weight is 330 g/mol. The highest BCUT2D eigenvalue weighted by Crippen LogP contribution is 2.35. The SMILES string of the molecule is CCCc1cc([C@@H]2CCCN2Cc2ccc(OC)cc2OC)no1. The van der Waals surface area contributed by atoms with Crippen molar-refractivity contribution in [3.63, 3.8) is 0 Å². The molecule has 2 aromatic rings. The Kier molecular flexibility index (Phi) is 5.41. The van der Waals surface area contributed by atoms with Crippen molar-refractivity contribution in [2.75, 3.05) is 20.8 Å². The zero-order valence-corrected chi connectivity index (χ0v) is 14.7. The first-order valence-electron chi connectivity index (χ1n) is 8.65. The van der Waals surface area contributed by atoms with Crippen LogP contribution >= 0.6 is 0 Å². The quantitative estimate of drug-likeness (QED) is 0.768. The minimum absolute atomic E-state index is 0.325. The number of aromatic nitrogens is 1. The van der Waals surface area contributed by atoms with Crippen molar-refractivity contribution in [2.45, 2.75) is 45.2 Å². The van der Waals surface area contributed by atoms with Crippen LogP contribution in [0.15, 0.2) is 28.8 Å². The van der Waals surface area contributed by atoms with Crippen LogP contribution in [0.25, 0.3) is 0 Å². The summed E-state index contributed by atoms with van der Waals surface area (Å²) in [6, 6.07) is 8.45. The molecule has 1 aromatic carbocycles. The summed E-state index contributed by atoms with van der Waals surface area (Å²) >= 11 is 0. The summed E-state index contributed by atoms with van der Waals surface area (Å²) in [6.45, 7) is 4.06. The van der Waals surface area contributed by atoms with Crippen LogP contribution in [0.5, 0.6) is 11.5 Å². The molecule has 0 saturated carbocycles. The minimum atomic E-state index is 0.325. The van der Waals surface area contributed by atoms with Crippen molar-refractivity contribution in [1.29, 1.82) is 0 Å². The molecule has 3 rings (SSSR count). The highest BCUT2D eigenvalue weighted by molar-refractivity contribution is 5.40. The van der Waals surface area contributed by atoms with Crippen LogP contribution in [-0.4, -0.2) is 30.8 Å². The molecular formula is C19H26N2O3. The Hall–Kier alpha value is -2.01. The number of rotatable bonds is 7. The second kappa shape index (κ2) is 7.71. The molecule has 1 atom stereocenters. The summed E-state index contributed by atoms with van der Waals surface area (Å²) in [5.74, 6) is 2.67. The van der Waals surface area contributed by atoms with Gasteiger partial charge in [0, 0.05) is 30.7 Å². The third-order valence-electron chi connectivity index (χ3n) is 4.65. The second-order valence-corrected chi connectivity index (χ2v) is 6.27. The summed E-state index contributed by atoms with van der Waals surface area (Å²) in [7, 11) is 3.37. The normalized spacial score (nSPS) is 18.0. The average Bonchev–Trinajstić information content (AvgIpc) is 3.24. The molecule has 1 aliphatic heterocycles. The van der Waals surface area contributed by atoms with E-state index in [1.807, 2.05) is 12.1 Å². The van der Waals surface area contributed by atoms with Gasteiger partial charge in [-0.3, -0.25) is 4.90 Å². The fourth-order valence-corrected chi connectivity index (χ4v) is 3.40. The Morgan fingerprint density at radius 1 is 1.25 bits per heavy atom. The monoisotopic (exact) mass is 330 g/mol. The highest BCUT2D eigenvalue weighted by Gasteiger charge is 2.29. The number of hydrogen-bond acceptors (Lipinski definition) is 5. The lowest BCUT2D eigenvalue weighted by Gasteiger charge is -2.23. The van der Waals surface area contributed by atoms with Gasteiger partial charge in [-0.1, -0.05) is 18.1 Å². The van der Waals surface area contributed by atoms with Crippen LogP contribution in [-0.2, 0) is 13.0 Å². The first-order chi connectivity index (χ1) is 11.7. The molecule has 2 heterocycles. The number of nitrogens with zero attached hydrogens (tertiary/aromatic N) is 2. The lowest BCUT2D eigenvalue weighted by molar-refractivity contribution is 0.233. The fourth-order valence-electron chi connectivity index (χ4n) is 3.40. The number of likely N-dealkylation sites (tertiary alicyclic amines) is 1. The maximum atomic E-state index is 5.53. The van der Waals surface area contributed by atoms with E-state index >= 15 is 0 Å². The van der Waals surface area contributed by atoms with Crippen LogP contribution in [0.4, 0.5) is 0 Å². The predicted molar refractivity (Wildman–Crippen MR) is 92.4 cm³/mol. The number of methoxy groups -OCH3 is 2. The van der Waals surface area contributed by atoms with Gasteiger partial charge in [-0.2, -0.15) is 0 Å². The van der Waals surface area contributed by atoms with Crippen LogP contribution in [0.2, 0.25) is 0 Å². The Balaban J connectivity index is 1.76. The molecule has 1 fully saturated rings. The molecule has 0 N–H and O–H groups in total.